The van der Waals surface area contributed by atoms with Crippen LogP contribution in [-0.4, -0.2) is 21.7 Å². The van der Waals surface area contributed by atoms with Gasteiger partial charge in [0, 0.05) is 23.5 Å². The van der Waals surface area contributed by atoms with Crippen molar-refractivity contribution in [3.8, 4) is 0 Å². The molecule has 3 rings (SSSR count). The number of rotatable bonds is 4. The van der Waals surface area contributed by atoms with Crippen LogP contribution < -0.4 is 0 Å². The van der Waals surface area contributed by atoms with E-state index in [-0.39, 0.29) is 23.8 Å². The lowest BCUT2D eigenvalue weighted by atomic mass is 9.79. The molecule has 4 heteroatoms. The van der Waals surface area contributed by atoms with Crippen molar-refractivity contribution in [2.24, 2.45) is 0 Å². The Morgan fingerprint density at radius 2 is 1.43 bits per heavy atom. The maximum absolute atomic E-state index is 12.9. The van der Waals surface area contributed by atoms with E-state index in [1.165, 1.54) is 6.92 Å². The number of benzene rings is 2. The van der Waals surface area contributed by atoms with Gasteiger partial charge in [0.2, 0.25) is 0 Å². The average molecular weight is 371 g/mol. The monoisotopic (exact) mass is 370 g/mol. The number of carbonyl (C=O) groups excluding carboxylic acids is 3. The second kappa shape index (κ2) is 5.85. The molecule has 0 amide bonds. The summed E-state index contributed by atoms with van der Waals surface area (Å²) in [7, 11) is 0. The summed E-state index contributed by atoms with van der Waals surface area (Å²) in [6, 6.07) is 16.0. The number of hydrogen-bond acceptors (Lipinski definition) is 3. The van der Waals surface area contributed by atoms with Crippen molar-refractivity contribution >= 4 is 33.3 Å². The fraction of sp³-hybridized carbons (Fsp3) is 0.211. The third kappa shape index (κ3) is 2.47. The molecule has 0 saturated carbocycles. The molecule has 0 bridgehead atoms. The van der Waals surface area contributed by atoms with Gasteiger partial charge in [-0.05, 0) is 12.5 Å². The fourth-order valence-corrected chi connectivity index (χ4v) is 4.01. The molecule has 1 atom stereocenters. The Hall–Kier alpha value is -2.07. The maximum Gasteiger partial charge on any atom is 0.188 e. The van der Waals surface area contributed by atoms with Crippen LogP contribution in [0.25, 0.3) is 0 Å². The summed E-state index contributed by atoms with van der Waals surface area (Å²) in [5.41, 5.74) is 1.63. The number of ketones is 3. The number of fused-ring (bicyclic) bond motifs is 1. The Morgan fingerprint density at radius 1 is 0.957 bits per heavy atom. The summed E-state index contributed by atoms with van der Waals surface area (Å²) in [6.45, 7) is 1.48. The zero-order valence-corrected chi connectivity index (χ0v) is 14.2. The molecule has 0 spiro atoms. The van der Waals surface area contributed by atoms with E-state index in [0.717, 1.165) is 5.56 Å². The van der Waals surface area contributed by atoms with Crippen LogP contribution in [0, 0.1) is 0 Å². The van der Waals surface area contributed by atoms with Crippen LogP contribution in [0.2, 0.25) is 0 Å². The van der Waals surface area contributed by atoms with Gasteiger partial charge in [-0.3, -0.25) is 9.59 Å². The predicted molar refractivity (Wildman–Crippen MR) is 91.2 cm³/mol. The van der Waals surface area contributed by atoms with Crippen molar-refractivity contribution in [2.45, 2.75) is 23.6 Å². The minimum atomic E-state index is -1.41. The molecule has 0 aromatic heterocycles. The second-order valence-electron chi connectivity index (χ2n) is 5.79. The lowest BCUT2D eigenvalue weighted by molar-refractivity contribution is -0.117. The first-order valence-electron chi connectivity index (χ1n) is 7.38. The largest absolute Gasteiger partial charge is 0.300 e. The van der Waals surface area contributed by atoms with Crippen LogP contribution in [0.4, 0.5) is 0 Å². The van der Waals surface area contributed by atoms with Gasteiger partial charge in [-0.1, -0.05) is 70.5 Å². The van der Waals surface area contributed by atoms with Gasteiger partial charge in [-0.15, -0.1) is 0 Å². The minimum absolute atomic E-state index is 0.0609. The van der Waals surface area contributed by atoms with Gasteiger partial charge in [-0.25, -0.2) is 0 Å². The molecular weight excluding hydrogens is 356 g/mol. The fourth-order valence-electron chi connectivity index (χ4n) is 3.15. The number of carbonyl (C=O) groups is 3. The zero-order chi connectivity index (χ0) is 16.6. The van der Waals surface area contributed by atoms with E-state index in [1.54, 1.807) is 24.3 Å². The van der Waals surface area contributed by atoms with Crippen LogP contribution >= 0.6 is 15.9 Å². The van der Waals surface area contributed by atoms with E-state index in [0.29, 0.717) is 11.1 Å². The van der Waals surface area contributed by atoms with Crippen molar-refractivity contribution in [2.75, 3.05) is 0 Å². The number of Topliss-reactive ketones (excluding diaryl/α,β-unsaturated/α-hetero) is 3. The molecule has 2 aromatic rings. The van der Waals surface area contributed by atoms with Gasteiger partial charge in [0.1, 0.15) is 5.78 Å². The molecule has 23 heavy (non-hydrogen) atoms. The summed E-state index contributed by atoms with van der Waals surface area (Å²) < 4.78 is -1.41. The van der Waals surface area contributed by atoms with E-state index in [4.69, 9.17) is 0 Å². The Morgan fingerprint density at radius 3 is 1.91 bits per heavy atom. The smallest absolute Gasteiger partial charge is 0.188 e. The highest BCUT2D eigenvalue weighted by Gasteiger charge is 2.56. The number of alkyl halides is 1. The van der Waals surface area contributed by atoms with Gasteiger partial charge in [0.05, 0.1) is 0 Å². The Bertz CT molecular complexity index is 760. The molecule has 0 radical (unpaired) electrons. The summed E-state index contributed by atoms with van der Waals surface area (Å²) in [4.78, 5) is 37.7. The standard InChI is InChI=1S/C19H15BrO3/c1-12(21)11-16(13-7-3-2-4-8-13)19(20)17(22)14-9-5-6-10-15(14)18(19)23/h2-10,16H,11H2,1H3/t16-/m1/s1. The topological polar surface area (TPSA) is 51.2 Å². The van der Waals surface area contributed by atoms with E-state index in [2.05, 4.69) is 15.9 Å². The van der Waals surface area contributed by atoms with E-state index in [9.17, 15) is 14.4 Å². The third-order valence-corrected chi connectivity index (χ3v) is 5.52. The summed E-state index contributed by atoms with van der Waals surface area (Å²) >= 11 is 3.44. The summed E-state index contributed by atoms with van der Waals surface area (Å²) in [5.74, 6) is -1.13. The quantitative estimate of drug-likeness (QED) is 0.604. The molecule has 0 fully saturated rings. The van der Waals surface area contributed by atoms with Crippen molar-refractivity contribution in [3.05, 3.63) is 71.3 Å². The molecular formula is C19H15BrO3. The Labute approximate surface area is 142 Å². The average Bonchev–Trinajstić information content (AvgIpc) is 2.76. The molecule has 0 unspecified atom stereocenters. The van der Waals surface area contributed by atoms with Gasteiger partial charge < -0.3 is 4.79 Å². The molecule has 1 aliphatic rings. The van der Waals surface area contributed by atoms with Crippen molar-refractivity contribution < 1.29 is 14.4 Å². The second-order valence-corrected chi connectivity index (χ2v) is 7.04. The van der Waals surface area contributed by atoms with Crippen LogP contribution in [0.1, 0.15) is 45.5 Å². The minimum Gasteiger partial charge on any atom is -0.300 e. The number of halogens is 1. The lowest BCUT2D eigenvalue weighted by Gasteiger charge is -2.29. The molecule has 0 N–H and O–H groups in total. The van der Waals surface area contributed by atoms with E-state index < -0.39 is 10.2 Å². The predicted octanol–water partition coefficient (Wildman–Crippen LogP) is 3.96. The van der Waals surface area contributed by atoms with Gasteiger partial charge in [0.15, 0.2) is 15.9 Å². The molecule has 1 aliphatic carbocycles. The molecule has 3 nitrogen and oxygen atoms in total. The van der Waals surface area contributed by atoms with Crippen LogP contribution in [-0.2, 0) is 4.79 Å². The van der Waals surface area contributed by atoms with E-state index >= 15 is 0 Å². The third-order valence-electron chi connectivity index (χ3n) is 4.25. The molecule has 0 saturated heterocycles. The lowest BCUT2D eigenvalue weighted by Crippen LogP contribution is -2.41. The van der Waals surface area contributed by atoms with Gasteiger partial charge in [-0.2, -0.15) is 0 Å². The maximum atomic E-state index is 12.9. The summed E-state index contributed by atoms with van der Waals surface area (Å²) in [6.07, 6.45) is 0.126. The molecule has 0 aliphatic heterocycles. The van der Waals surface area contributed by atoms with Crippen molar-refractivity contribution in [3.63, 3.8) is 0 Å². The molecule has 116 valence electrons. The van der Waals surface area contributed by atoms with Crippen LogP contribution in [0.5, 0.6) is 0 Å². The normalized spacial score (nSPS) is 17.0. The number of hydrogen-bond donors (Lipinski definition) is 0. The van der Waals surface area contributed by atoms with Crippen LogP contribution in [0.3, 0.4) is 0 Å². The molecule has 0 heterocycles. The molecule has 2 aromatic carbocycles. The highest BCUT2D eigenvalue weighted by Crippen LogP contribution is 2.47. The van der Waals surface area contributed by atoms with Crippen LogP contribution in [0.15, 0.2) is 54.6 Å². The SMILES string of the molecule is CC(=O)C[C@H](c1ccccc1)C1(Br)C(=O)c2ccccc2C1=O. The van der Waals surface area contributed by atoms with Gasteiger partial charge >= 0.3 is 0 Å². The van der Waals surface area contributed by atoms with Crippen molar-refractivity contribution in [1.29, 1.82) is 0 Å². The highest BCUT2D eigenvalue weighted by molar-refractivity contribution is 9.10. The van der Waals surface area contributed by atoms with Crippen molar-refractivity contribution in [1.82, 2.24) is 0 Å². The first kappa shape index (κ1) is 15.8. The first-order chi connectivity index (χ1) is 11.0. The Kier molecular flexibility index (Phi) is 4.02. The Balaban J connectivity index is 2.15. The highest BCUT2D eigenvalue weighted by atomic mass is 79.9. The van der Waals surface area contributed by atoms with Gasteiger partial charge in [0.25, 0.3) is 0 Å². The zero-order valence-electron chi connectivity index (χ0n) is 12.6. The van der Waals surface area contributed by atoms with E-state index in [1.807, 2.05) is 30.3 Å². The first-order valence-corrected chi connectivity index (χ1v) is 8.17. The summed E-state index contributed by atoms with van der Waals surface area (Å²) in [5, 5.41) is 0.